The van der Waals surface area contributed by atoms with E-state index in [1.807, 2.05) is 30.3 Å². The highest BCUT2D eigenvalue weighted by molar-refractivity contribution is 6.32. The van der Waals surface area contributed by atoms with Crippen molar-refractivity contribution in [1.82, 2.24) is 15.1 Å². The van der Waals surface area contributed by atoms with Crippen LogP contribution in [0.1, 0.15) is 52.6 Å². The Kier molecular flexibility index (Phi) is 13.3. The normalized spacial score (nSPS) is 14.6. The van der Waals surface area contributed by atoms with E-state index in [9.17, 15) is 10.1 Å². The third-order valence-electron chi connectivity index (χ3n) is 10.4. The van der Waals surface area contributed by atoms with Crippen LogP contribution in [0.4, 0.5) is 5.69 Å². The molecule has 1 amide bonds. The topological polar surface area (TPSA) is 107 Å². The molecule has 0 spiro atoms. The number of rotatable bonds is 17. The highest BCUT2D eigenvalue weighted by Crippen LogP contribution is 2.39. The summed E-state index contributed by atoms with van der Waals surface area (Å²) in [6, 6.07) is 26.5. The molecule has 2 heterocycles. The lowest BCUT2D eigenvalue weighted by Gasteiger charge is -2.32. The van der Waals surface area contributed by atoms with E-state index in [-0.39, 0.29) is 12.5 Å². The van der Waals surface area contributed by atoms with Crippen LogP contribution in [0.5, 0.6) is 11.5 Å². The minimum absolute atomic E-state index is 0.279. The fourth-order valence-electron chi connectivity index (χ4n) is 7.29. The number of nitrogens with zero attached hydrogens (tertiary/aromatic N) is 4. The summed E-state index contributed by atoms with van der Waals surface area (Å²) in [5.41, 5.74) is 15.2. The molecule has 2 aliphatic rings. The number of nitriles is 1. The third-order valence-corrected chi connectivity index (χ3v) is 10.7. The number of nitrogens with one attached hydrogen (secondary N) is 1. The predicted octanol–water partition coefficient (Wildman–Crippen LogP) is 6.70. The fourth-order valence-corrected chi connectivity index (χ4v) is 7.53. The van der Waals surface area contributed by atoms with E-state index in [1.165, 1.54) is 47.5 Å². The first-order valence-electron chi connectivity index (χ1n) is 18.7. The number of hydrogen-bond donors (Lipinski definition) is 2. The Balaban J connectivity index is 1.14. The lowest BCUT2D eigenvalue weighted by atomic mass is 9.92. The molecule has 4 aromatic carbocycles. The maximum absolute atomic E-state index is 11.2. The monoisotopic (exact) mass is 734 g/mol. The Morgan fingerprint density at radius 1 is 0.887 bits per heavy atom. The Labute approximate surface area is 319 Å². The Morgan fingerprint density at radius 3 is 2.47 bits per heavy atom. The van der Waals surface area contributed by atoms with Crippen molar-refractivity contribution in [1.29, 1.82) is 5.26 Å². The van der Waals surface area contributed by atoms with Crippen molar-refractivity contribution < 1.29 is 14.3 Å². The van der Waals surface area contributed by atoms with Gasteiger partial charge in [-0.3, -0.25) is 4.79 Å². The van der Waals surface area contributed by atoms with Crippen LogP contribution in [0.3, 0.4) is 0 Å². The number of hydrogen-bond acceptors (Lipinski definition) is 8. The molecule has 278 valence electrons. The second-order valence-electron chi connectivity index (χ2n) is 14.2. The van der Waals surface area contributed by atoms with Gasteiger partial charge >= 0.3 is 0 Å². The zero-order valence-corrected chi connectivity index (χ0v) is 31.8. The van der Waals surface area contributed by atoms with E-state index in [0.29, 0.717) is 54.6 Å². The number of fused-ring (bicyclic) bond motifs is 1. The van der Waals surface area contributed by atoms with Gasteiger partial charge in [0, 0.05) is 69.6 Å². The molecule has 0 radical (unpaired) electrons. The summed E-state index contributed by atoms with van der Waals surface area (Å²) in [4.78, 5) is 18.7. The lowest BCUT2D eigenvalue weighted by Crippen LogP contribution is -2.45. The number of likely N-dealkylation sites (N-methyl/N-ethyl adjacent to an activating group) is 1. The molecule has 6 rings (SSSR count). The molecule has 9 nitrogen and oxygen atoms in total. The molecule has 0 bridgehead atoms. The summed E-state index contributed by atoms with van der Waals surface area (Å²) >= 11 is 6.82. The van der Waals surface area contributed by atoms with Gasteiger partial charge in [0.1, 0.15) is 24.7 Å². The molecule has 10 heteroatoms. The first kappa shape index (κ1) is 38.1. The zero-order valence-electron chi connectivity index (χ0n) is 31.0. The van der Waals surface area contributed by atoms with Crippen molar-refractivity contribution in [2.45, 2.75) is 52.4 Å². The quantitative estimate of drug-likeness (QED) is 0.116. The van der Waals surface area contributed by atoms with E-state index >= 15 is 0 Å². The molecule has 2 aliphatic heterocycles. The van der Waals surface area contributed by atoms with Gasteiger partial charge in [-0.05, 0) is 104 Å². The number of halogens is 1. The number of primary amides is 1. The fraction of sp³-hybridized carbons (Fsp3) is 0.395. The highest BCUT2D eigenvalue weighted by atomic mass is 35.5. The van der Waals surface area contributed by atoms with E-state index in [1.54, 1.807) is 6.07 Å². The van der Waals surface area contributed by atoms with Crippen LogP contribution >= 0.6 is 11.6 Å². The largest absolute Gasteiger partial charge is 0.488 e. The standard InChI is InChI=1S/C43H51ClN6O3/c1-31-34(10-4-11-36(31)37-12-5-13-40-38(37)15-19-50(40)18-7-17-49-22-20-48(2)21-23-49)30-53-42-26-41(52-29-33-9-3-8-32(24-33)27-45)35(25-39(42)44)28-47-16-6-14-43(46)51/h3-5,8-13,24-26,47H,6-7,14-23,28-30H2,1-2H3,(H2,46,51). The second kappa shape index (κ2) is 18.4. The SMILES string of the molecule is Cc1c(COc2cc(OCc3cccc(C#N)c3)c(CNCCCC(N)=O)cc2Cl)cccc1-c1cccc2c1CCN2CCCN1CCN(C)CC1. The van der Waals surface area contributed by atoms with Crippen LogP contribution in [0.25, 0.3) is 11.1 Å². The average Bonchev–Trinajstić information content (AvgIpc) is 3.58. The van der Waals surface area contributed by atoms with Gasteiger partial charge in [-0.1, -0.05) is 54.1 Å². The Hall–Kier alpha value is -4.59. The molecule has 0 atom stereocenters. The summed E-state index contributed by atoms with van der Waals surface area (Å²) < 4.78 is 12.7. The minimum atomic E-state index is -0.317. The molecule has 0 aliphatic carbocycles. The van der Waals surface area contributed by atoms with Crippen LogP contribution < -0.4 is 25.4 Å². The third kappa shape index (κ3) is 10.1. The van der Waals surface area contributed by atoms with Gasteiger partial charge in [-0.15, -0.1) is 0 Å². The molecule has 3 N–H and O–H groups in total. The van der Waals surface area contributed by atoms with E-state index in [4.69, 9.17) is 26.8 Å². The molecule has 0 saturated carbocycles. The van der Waals surface area contributed by atoms with Crippen LogP contribution in [-0.2, 0) is 31.0 Å². The first-order chi connectivity index (χ1) is 25.8. The molecule has 1 fully saturated rings. The number of nitrogens with two attached hydrogens (primary N) is 1. The molecule has 0 unspecified atom stereocenters. The number of piperazine rings is 1. The summed E-state index contributed by atoms with van der Waals surface area (Å²) in [5, 5.41) is 13.2. The Bertz CT molecular complexity index is 1920. The van der Waals surface area contributed by atoms with Gasteiger partial charge in [0.15, 0.2) is 0 Å². The number of amides is 1. The first-order valence-corrected chi connectivity index (χ1v) is 19.1. The molecular weight excluding hydrogens is 684 g/mol. The molecular formula is C43H51ClN6O3. The van der Waals surface area contributed by atoms with Crippen molar-refractivity contribution in [3.63, 3.8) is 0 Å². The van der Waals surface area contributed by atoms with Crippen molar-refractivity contribution >= 4 is 23.2 Å². The van der Waals surface area contributed by atoms with Crippen molar-refractivity contribution in [3.8, 4) is 28.7 Å². The van der Waals surface area contributed by atoms with Crippen LogP contribution in [0.15, 0.2) is 72.8 Å². The van der Waals surface area contributed by atoms with Gasteiger partial charge in [0.05, 0.1) is 16.7 Å². The van der Waals surface area contributed by atoms with Gasteiger partial charge in [0.25, 0.3) is 0 Å². The number of anilines is 1. The lowest BCUT2D eigenvalue weighted by molar-refractivity contribution is -0.118. The minimum Gasteiger partial charge on any atom is -0.488 e. The van der Waals surface area contributed by atoms with Crippen LogP contribution in [0, 0.1) is 18.3 Å². The summed E-state index contributed by atoms with van der Waals surface area (Å²) in [6.07, 6.45) is 3.19. The molecule has 4 aromatic rings. The van der Waals surface area contributed by atoms with Gasteiger partial charge < -0.3 is 35.2 Å². The molecule has 0 aromatic heterocycles. The zero-order chi connectivity index (χ0) is 37.2. The average molecular weight is 735 g/mol. The van der Waals surface area contributed by atoms with Gasteiger partial charge in [-0.2, -0.15) is 5.26 Å². The van der Waals surface area contributed by atoms with Crippen molar-refractivity contribution in [2.24, 2.45) is 5.73 Å². The van der Waals surface area contributed by atoms with Gasteiger partial charge in [0.2, 0.25) is 5.91 Å². The predicted molar refractivity (Wildman–Crippen MR) is 212 cm³/mol. The Morgan fingerprint density at radius 2 is 1.66 bits per heavy atom. The van der Waals surface area contributed by atoms with E-state index in [0.717, 1.165) is 55.8 Å². The summed E-state index contributed by atoms with van der Waals surface area (Å²) in [7, 11) is 2.21. The number of carbonyl (C=O) groups is 1. The maximum atomic E-state index is 11.2. The molecule has 1 saturated heterocycles. The van der Waals surface area contributed by atoms with Crippen molar-refractivity contribution in [2.75, 3.05) is 64.3 Å². The molecule has 53 heavy (non-hydrogen) atoms. The van der Waals surface area contributed by atoms with Crippen LogP contribution in [-0.4, -0.2) is 75.1 Å². The van der Waals surface area contributed by atoms with Crippen LogP contribution in [0.2, 0.25) is 5.02 Å². The number of carbonyl (C=O) groups excluding carboxylic acids is 1. The number of benzene rings is 4. The van der Waals surface area contributed by atoms with Gasteiger partial charge in [-0.25, -0.2) is 0 Å². The second-order valence-corrected chi connectivity index (χ2v) is 14.6. The summed E-state index contributed by atoms with van der Waals surface area (Å²) in [5.74, 6) is 0.845. The smallest absolute Gasteiger partial charge is 0.217 e. The van der Waals surface area contributed by atoms with Crippen molar-refractivity contribution in [3.05, 3.63) is 111 Å². The summed E-state index contributed by atoms with van der Waals surface area (Å²) in [6.45, 7) is 11.9. The maximum Gasteiger partial charge on any atom is 0.217 e. The van der Waals surface area contributed by atoms with E-state index in [2.05, 4.69) is 76.5 Å². The number of ether oxygens (including phenoxy) is 2. The highest BCUT2D eigenvalue weighted by Gasteiger charge is 2.24. The van der Waals surface area contributed by atoms with E-state index < -0.39 is 0 Å².